The molecule has 3 aromatic carbocycles. The molecule has 4 aromatic rings. The first-order chi connectivity index (χ1) is 20.7. The minimum absolute atomic E-state index is 0.0556. The number of hydrogen-bond acceptors (Lipinski definition) is 7. The summed E-state index contributed by atoms with van der Waals surface area (Å²) in [6.07, 6.45) is -1.48. The monoisotopic (exact) mass is 594 g/mol. The van der Waals surface area contributed by atoms with Crippen LogP contribution >= 0.6 is 0 Å². The number of pyridine rings is 1. The average molecular weight is 595 g/mol. The maximum atomic E-state index is 14.0. The van der Waals surface area contributed by atoms with Crippen molar-refractivity contribution in [2.75, 3.05) is 44.6 Å². The highest BCUT2D eigenvalue weighted by Crippen LogP contribution is 2.40. The molecular weight excluding hydrogens is 561 g/mol. The van der Waals surface area contributed by atoms with Gasteiger partial charge in [-0.25, -0.2) is 0 Å². The Kier molecular flexibility index (Phi) is 8.91. The Labute approximate surface area is 247 Å². The Morgan fingerprint density at radius 2 is 1.72 bits per heavy atom. The third kappa shape index (κ3) is 6.94. The Bertz CT molecular complexity index is 1600. The highest BCUT2D eigenvalue weighted by Gasteiger charge is 2.36. The summed E-state index contributed by atoms with van der Waals surface area (Å²) in [5.74, 6) is 1.64. The number of nitrogens with one attached hydrogen (secondary N) is 2. The number of alkyl halides is 3. The fraction of sp³-hybridized carbons (Fsp3) is 0.312. The summed E-state index contributed by atoms with van der Waals surface area (Å²) < 4.78 is 59.0. The van der Waals surface area contributed by atoms with Gasteiger partial charge >= 0.3 is 6.18 Å². The number of rotatable bonds is 9. The van der Waals surface area contributed by atoms with E-state index in [1.807, 2.05) is 7.05 Å². The second kappa shape index (κ2) is 12.8. The van der Waals surface area contributed by atoms with E-state index in [0.29, 0.717) is 58.6 Å². The predicted molar refractivity (Wildman–Crippen MR) is 159 cm³/mol. The van der Waals surface area contributed by atoms with Crippen molar-refractivity contribution in [3.63, 3.8) is 0 Å². The highest BCUT2D eigenvalue weighted by molar-refractivity contribution is 5.93. The van der Waals surface area contributed by atoms with E-state index in [-0.39, 0.29) is 17.8 Å². The maximum absolute atomic E-state index is 14.0. The van der Waals surface area contributed by atoms with E-state index in [4.69, 9.17) is 14.2 Å². The number of halogens is 3. The van der Waals surface area contributed by atoms with Crippen LogP contribution in [0.15, 0.2) is 66.9 Å². The fourth-order valence-electron chi connectivity index (χ4n) is 5.30. The number of amides is 1. The largest absolute Gasteiger partial charge is 0.493 e. The predicted octanol–water partition coefficient (Wildman–Crippen LogP) is 6.43. The molecule has 0 atom stereocenters. The molecule has 0 bridgehead atoms. The van der Waals surface area contributed by atoms with Gasteiger partial charge in [0.05, 0.1) is 31.7 Å². The zero-order valence-electron chi connectivity index (χ0n) is 24.1. The first-order valence-electron chi connectivity index (χ1n) is 13.9. The Morgan fingerprint density at radius 3 is 2.42 bits per heavy atom. The molecule has 0 radical (unpaired) electrons. The Balaban J connectivity index is 1.30. The van der Waals surface area contributed by atoms with E-state index in [1.54, 1.807) is 67.8 Å². The topological polar surface area (TPSA) is 85.0 Å². The molecule has 0 saturated carbocycles. The molecule has 1 saturated heterocycles. The van der Waals surface area contributed by atoms with Crippen LogP contribution in [0.2, 0.25) is 0 Å². The summed E-state index contributed by atoms with van der Waals surface area (Å²) in [4.78, 5) is 19.0. The number of aromatic nitrogens is 1. The lowest BCUT2D eigenvalue weighted by Gasteiger charge is -2.35. The number of carbonyl (C=O) groups excluding carboxylic acids is 1. The second-order valence-electron chi connectivity index (χ2n) is 10.3. The molecule has 5 rings (SSSR count). The van der Waals surface area contributed by atoms with E-state index < -0.39 is 17.6 Å². The number of fused-ring (bicyclic) bond motifs is 1. The summed E-state index contributed by atoms with van der Waals surface area (Å²) in [6, 6.07) is 16.5. The van der Waals surface area contributed by atoms with Crippen molar-refractivity contribution in [2.24, 2.45) is 0 Å². The molecule has 2 N–H and O–H groups in total. The summed E-state index contributed by atoms with van der Waals surface area (Å²) in [5.41, 5.74) is 0.739. The Hall–Kier alpha value is -4.51. The molecule has 43 heavy (non-hydrogen) atoms. The number of carbonyl (C=O) groups is 1. The lowest BCUT2D eigenvalue weighted by Crippen LogP contribution is -2.41. The normalized spacial score (nSPS) is 14.0. The van der Waals surface area contributed by atoms with Crippen molar-refractivity contribution in [1.82, 2.24) is 10.3 Å². The molecule has 1 fully saturated rings. The number of hydrogen-bond donors (Lipinski definition) is 2. The van der Waals surface area contributed by atoms with Crippen molar-refractivity contribution in [3.05, 3.63) is 78.0 Å². The third-order valence-electron chi connectivity index (χ3n) is 7.53. The van der Waals surface area contributed by atoms with Crippen molar-refractivity contribution < 1.29 is 32.2 Å². The van der Waals surface area contributed by atoms with Crippen LogP contribution in [0, 0.1) is 0 Å². The summed E-state index contributed by atoms with van der Waals surface area (Å²) in [5, 5.41) is 6.52. The quantitative estimate of drug-likeness (QED) is 0.231. The van der Waals surface area contributed by atoms with Crippen LogP contribution in [0.5, 0.6) is 23.0 Å². The molecule has 1 amide bonds. The van der Waals surface area contributed by atoms with E-state index in [2.05, 4.69) is 15.6 Å². The van der Waals surface area contributed by atoms with Gasteiger partial charge < -0.3 is 29.7 Å². The molecular formula is C32H33F3N4O4. The van der Waals surface area contributed by atoms with Gasteiger partial charge in [0, 0.05) is 48.2 Å². The van der Waals surface area contributed by atoms with Crippen molar-refractivity contribution >= 4 is 28.2 Å². The molecule has 0 unspecified atom stereocenters. The number of anilines is 2. The minimum atomic E-state index is -4.56. The van der Waals surface area contributed by atoms with Gasteiger partial charge in [-0.15, -0.1) is 0 Å². The van der Waals surface area contributed by atoms with Crippen LogP contribution in [-0.4, -0.2) is 51.3 Å². The highest BCUT2D eigenvalue weighted by atomic mass is 19.4. The van der Waals surface area contributed by atoms with Crippen LogP contribution < -0.4 is 29.7 Å². The standard InChI is InChI=1S/C32H33F3N4O4/c1-36-21-10-13-39(14-11-21)27-8-7-22(17-25(27)32(33,34)35)38-31(40)16-20-5-4-6-23(15-20)43-28-9-12-37-26-19-30(42-3)29(41-2)18-24(26)28/h4-9,12,15,17-19,21,36H,10-11,13-14,16H2,1-3H3,(H,38,40). The van der Waals surface area contributed by atoms with E-state index >= 15 is 0 Å². The van der Waals surface area contributed by atoms with Gasteiger partial charge in [-0.1, -0.05) is 12.1 Å². The van der Waals surface area contributed by atoms with Gasteiger partial charge in [0.1, 0.15) is 11.5 Å². The van der Waals surface area contributed by atoms with E-state index in [1.165, 1.54) is 12.1 Å². The van der Waals surface area contributed by atoms with Crippen molar-refractivity contribution in [2.45, 2.75) is 31.5 Å². The molecule has 1 aliphatic heterocycles. The number of benzene rings is 3. The first kappa shape index (κ1) is 30.0. The van der Waals surface area contributed by atoms with Crippen molar-refractivity contribution in [1.29, 1.82) is 0 Å². The number of piperidine rings is 1. The second-order valence-corrected chi connectivity index (χ2v) is 10.3. The summed E-state index contributed by atoms with van der Waals surface area (Å²) >= 11 is 0. The van der Waals surface area contributed by atoms with E-state index in [9.17, 15) is 18.0 Å². The van der Waals surface area contributed by atoms with E-state index in [0.717, 1.165) is 18.9 Å². The number of ether oxygens (including phenoxy) is 3. The average Bonchev–Trinajstić information content (AvgIpc) is 3.00. The molecule has 11 heteroatoms. The van der Waals surface area contributed by atoms with Crippen LogP contribution in [-0.2, 0) is 17.4 Å². The number of methoxy groups -OCH3 is 2. The smallest absolute Gasteiger partial charge is 0.418 e. The molecule has 2 heterocycles. The molecule has 1 aromatic heterocycles. The molecule has 226 valence electrons. The van der Waals surface area contributed by atoms with Gasteiger partial charge in [-0.05, 0) is 67.9 Å². The number of nitrogens with zero attached hydrogens (tertiary/aromatic N) is 2. The van der Waals surface area contributed by atoms with Crippen LogP contribution in [0.1, 0.15) is 24.0 Å². The van der Waals surface area contributed by atoms with Crippen LogP contribution in [0.25, 0.3) is 10.9 Å². The van der Waals surface area contributed by atoms with Crippen LogP contribution in [0.4, 0.5) is 24.5 Å². The van der Waals surface area contributed by atoms with Gasteiger partial charge in [-0.2, -0.15) is 13.2 Å². The molecule has 8 nitrogen and oxygen atoms in total. The maximum Gasteiger partial charge on any atom is 0.418 e. The minimum Gasteiger partial charge on any atom is -0.493 e. The fourth-order valence-corrected chi connectivity index (χ4v) is 5.30. The third-order valence-corrected chi connectivity index (χ3v) is 7.53. The first-order valence-corrected chi connectivity index (χ1v) is 13.9. The summed E-state index contributed by atoms with van der Waals surface area (Å²) in [6.45, 7) is 1.05. The Morgan fingerprint density at radius 1 is 0.977 bits per heavy atom. The molecule has 0 spiro atoms. The van der Waals surface area contributed by atoms with Crippen molar-refractivity contribution in [3.8, 4) is 23.0 Å². The summed E-state index contributed by atoms with van der Waals surface area (Å²) in [7, 11) is 4.95. The lowest BCUT2D eigenvalue weighted by molar-refractivity contribution is -0.137. The van der Waals surface area contributed by atoms with Gasteiger partial charge in [0.2, 0.25) is 5.91 Å². The molecule has 0 aliphatic carbocycles. The van der Waals surface area contributed by atoms with Gasteiger partial charge in [0.25, 0.3) is 0 Å². The zero-order chi connectivity index (χ0) is 30.6. The SMILES string of the molecule is CNC1CCN(c2ccc(NC(=O)Cc3cccc(Oc4ccnc5cc(OC)c(OC)cc45)c3)cc2C(F)(F)F)CC1. The lowest BCUT2D eigenvalue weighted by atomic mass is 10.0. The van der Waals surface area contributed by atoms with Crippen LogP contribution in [0.3, 0.4) is 0 Å². The zero-order valence-corrected chi connectivity index (χ0v) is 24.1. The van der Waals surface area contributed by atoms with Gasteiger partial charge in [-0.3, -0.25) is 9.78 Å². The van der Waals surface area contributed by atoms with Gasteiger partial charge in [0.15, 0.2) is 11.5 Å². The molecule has 1 aliphatic rings.